The standard InChI is InChI=1S/C14H15BrN2O2/c1-14(2)3-4-17(7-14)11-6-10-8(5-9(11)15)12(18)13(19)16-10/h5-6H,3-4,7H2,1-2H3,(H,16,18,19). The van der Waals surface area contributed by atoms with E-state index in [0.29, 0.717) is 16.7 Å². The lowest BCUT2D eigenvalue weighted by molar-refractivity contribution is -0.112. The highest BCUT2D eigenvalue weighted by atomic mass is 79.9. The first kappa shape index (κ1) is 12.7. The van der Waals surface area contributed by atoms with Crippen LogP contribution in [0.5, 0.6) is 0 Å². The summed E-state index contributed by atoms with van der Waals surface area (Å²) in [6.45, 7) is 6.47. The second-order valence-corrected chi connectivity index (χ2v) is 6.82. The fourth-order valence-corrected chi connectivity index (χ4v) is 3.31. The van der Waals surface area contributed by atoms with Gasteiger partial charge in [0.2, 0.25) is 0 Å². The molecule has 2 aliphatic heterocycles. The Labute approximate surface area is 120 Å². The van der Waals surface area contributed by atoms with Gasteiger partial charge in [0.1, 0.15) is 0 Å². The van der Waals surface area contributed by atoms with Crippen molar-refractivity contribution in [2.75, 3.05) is 23.3 Å². The SMILES string of the molecule is CC1(C)CCN(c2cc3c(cc2Br)C(=O)C(=O)N3)C1. The van der Waals surface area contributed by atoms with Gasteiger partial charge in [0.05, 0.1) is 16.9 Å². The van der Waals surface area contributed by atoms with Crippen LogP contribution in [0.25, 0.3) is 0 Å². The molecule has 1 amide bonds. The number of anilines is 2. The zero-order valence-electron chi connectivity index (χ0n) is 10.9. The monoisotopic (exact) mass is 322 g/mol. The van der Waals surface area contributed by atoms with Crippen LogP contribution in [0.4, 0.5) is 11.4 Å². The molecule has 2 aliphatic rings. The van der Waals surface area contributed by atoms with Gasteiger partial charge < -0.3 is 10.2 Å². The van der Waals surface area contributed by atoms with Crippen molar-refractivity contribution in [3.63, 3.8) is 0 Å². The van der Waals surface area contributed by atoms with E-state index in [1.807, 2.05) is 6.07 Å². The van der Waals surface area contributed by atoms with Gasteiger partial charge >= 0.3 is 0 Å². The lowest BCUT2D eigenvalue weighted by Crippen LogP contribution is -2.23. The van der Waals surface area contributed by atoms with Crippen LogP contribution in [0, 0.1) is 5.41 Å². The molecule has 0 atom stereocenters. The van der Waals surface area contributed by atoms with Gasteiger partial charge in [-0.2, -0.15) is 0 Å². The largest absolute Gasteiger partial charge is 0.370 e. The number of rotatable bonds is 1. The number of amides is 1. The van der Waals surface area contributed by atoms with Crippen molar-refractivity contribution in [3.05, 3.63) is 22.2 Å². The molecule has 0 spiro atoms. The first-order valence-electron chi connectivity index (χ1n) is 6.32. The van der Waals surface area contributed by atoms with Crippen molar-refractivity contribution in [1.82, 2.24) is 0 Å². The van der Waals surface area contributed by atoms with Crippen LogP contribution >= 0.6 is 15.9 Å². The molecule has 1 aromatic carbocycles. The molecule has 3 rings (SSSR count). The topological polar surface area (TPSA) is 49.4 Å². The highest BCUT2D eigenvalue weighted by Crippen LogP contribution is 2.39. The summed E-state index contributed by atoms with van der Waals surface area (Å²) in [5.41, 5.74) is 2.42. The molecular formula is C14H15BrN2O2. The van der Waals surface area contributed by atoms with E-state index in [1.165, 1.54) is 0 Å². The average Bonchev–Trinajstić information content (AvgIpc) is 2.81. The van der Waals surface area contributed by atoms with E-state index in [1.54, 1.807) is 6.07 Å². The summed E-state index contributed by atoms with van der Waals surface area (Å²) >= 11 is 3.51. The van der Waals surface area contributed by atoms with E-state index in [-0.39, 0.29) is 0 Å². The van der Waals surface area contributed by atoms with Crippen LogP contribution in [0.1, 0.15) is 30.6 Å². The Morgan fingerprint density at radius 3 is 2.68 bits per heavy atom. The summed E-state index contributed by atoms with van der Waals surface area (Å²) in [5, 5.41) is 2.62. The summed E-state index contributed by atoms with van der Waals surface area (Å²) in [5.74, 6) is -0.996. The first-order chi connectivity index (χ1) is 8.87. The predicted molar refractivity (Wildman–Crippen MR) is 77.7 cm³/mol. The van der Waals surface area contributed by atoms with E-state index in [2.05, 4.69) is 40.0 Å². The second-order valence-electron chi connectivity index (χ2n) is 5.97. The van der Waals surface area contributed by atoms with Gasteiger partial charge in [-0.25, -0.2) is 0 Å². The highest BCUT2D eigenvalue weighted by molar-refractivity contribution is 9.10. The van der Waals surface area contributed by atoms with Crippen LogP contribution < -0.4 is 10.2 Å². The fraction of sp³-hybridized carbons (Fsp3) is 0.429. The Morgan fingerprint density at radius 1 is 1.32 bits per heavy atom. The molecule has 2 heterocycles. The molecule has 4 nitrogen and oxygen atoms in total. The highest BCUT2D eigenvalue weighted by Gasteiger charge is 2.33. The molecule has 1 aromatic rings. The number of fused-ring (bicyclic) bond motifs is 1. The Kier molecular flexibility index (Phi) is 2.71. The molecule has 0 unspecified atom stereocenters. The van der Waals surface area contributed by atoms with Crippen molar-refractivity contribution in [1.29, 1.82) is 0 Å². The zero-order valence-corrected chi connectivity index (χ0v) is 12.5. The lowest BCUT2D eigenvalue weighted by Gasteiger charge is -2.23. The summed E-state index contributed by atoms with van der Waals surface area (Å²) in [6, 6.07) is 3.64. The molecule has 0 radical (unpaired) electrons. The van der Waals surface area contributed by atoms with Gasteiger partial charge in [-0.1, -0.05) is 13.8 Å². The molecule has 0 saturated carbocycles. The molecule has 19 heavy (non-hydrogen) atoms. The zero-order chi connectivity index (χ0) is 13.8. The smallest absolute Gasteiger partial charge is 0.296 e. The molecule has 1 N–H and O–H groups in total. The maximum atomic E-state index is 11.6. The van der Waals surface area contributed by atoms with Crippen molar-refractivity contribution in [2.24, 2.45) is 5.41 Å². The molecule has 100 valence electrons. The quantitative estimate of drug-likeness (QED) is 0.809. The number of carbonyl (C=O) groups is 2. The van der Waals surface area contributed by atoms with E-state index in [0.717, 1.165) is 29.7 Å². The van der Waals surface area contributed by atoms with Crippen molar-refractivity contribution in [2.45, 2.75) is 20.3 Å². The predicted octanol–water partition coefficient (Wildman–Crippen LogP) is 2.82. The number of nitrogens with zero attached hydrogens (tertiary/aromatic N) is 1. The number of hydrogen-bond donors (Lipinski definition) is 1. The number of halogens is 1. The van der Waals surface area contributed by atoms with Crippen LogP contribution in [-0.2, 0) is 4.79 Å². The van der Waals surface area contributed by atoms with Gasteiger partial charge in [-0.05, 0) is 39.9 Å². The summed E-state index contributed by atoms with van der Waals surface area (Å²) < 4.78 is 0.869. The maximum Gasteiger partial charge on any atom is 0.296 e. The molecule has 1 saturated heterocycles. The Balaban J connectivity index is 1.99. The molecular weight excluding hydrogens is 308 g/mol. The van der Waals surface area contributed by atoms with Crippen LogP contribution in [0.3, 0.4) is 0 Å². The van der Waals surface area contributed by atoms with Crippen LogP contribution in [0.15, 0.2) is 16.6 Å². The lowest BCUT2D eigenvalue weighted by atomic mass is 9.93. The third kappa shape index (κ3) is 2.06. The Morgan fingerprint density at radius 2 is 2.05 bits per heavy atom. The van der Waals surface area contributed by atoms with E-state index >= 15 is 0 Å². The van der Waals surface area contributed by atoms with Crippen molar-refractivity contribution < 1.29 is 9.59 Å². The average molecular weight is 323 g/mol. The number of hydrogen-bond acceptors (Lipinski definition) is 3. The molecule has 5 heteroatoms. The minimum absolute atomic E-state index is 0.303. The van der Waals surface area contributed by atoms with E-state index in [9.17, 15) is 9.59 Å². The molecule has 1 fully saturated rings. The van der Waals surface area contributed by atoms with Crippen LogP contribution in [0.2, 0.25) is 0 Å². The summed E-state index contributed by atoms with van der Waals surface area (Å²) in [4.78, 5) is 25.3. The summed E-state index contributed by atoms with van der Waals surface area (Å²) in [7, 11) is 0. The minimum atomic E-state index is -0.541. The van der Waals surface area contributed by atoms with E-state index < -0.39 is 11.7 Å². The van der Waals surface area contributed by atoms with Crippen molar-refractivity contribution >= 4 is 39.0 Å². The number of Topliss-reactive ketones (excluding diaryl/α,β-unsaturated/α-hetero) is 1. The maximum absolute atomic E-state index is 11.6. The van der Waals surface area contributed by atoms with E-state index in [4.69, 9.17) is 0 Å². The first-order valence-corrected chi connectivity index (χ1v) is 7.11. The van der Waals surface area contributed by atoms with Crippen LogP contribution in [-0.4, -0.2) is 24.8 Å². The van der Waals surface area contributed by atoms with Gasteiger partial charge in [0.25, 0.3) is 11.7 Å². The van der Waals surface area contributed by atoms with Gasteiger partial charge in [0.15, 0.2) is 0 Å². The third-order valence-corrected chi connectivity index (χ3v) is 4.44. The number of benzene rings is 1. The normalized spacial score (nSPS) is 20.7. The number of nitrogens with one attached hydrogen (secondary N) is 1. The number of carbonyl (C=O) groups excluding carboxylic acids is 2. The fourth-order valence-electron chi connectivity index (χ4n) is 2.71. The van der Waals surface area contributed by atoms with Crippen molar-refractivity contribution in [3.8, 4) is 0 Å². The molecule has 0 aromatic heterocycles. The number of ketones is 1. The Bertz CT molecular complexity index is 595. The molecule has 0 bridgehead atoms. The third-order valence-electron chi connectivity index (χ3n) is 3.80. The second kappa shape index (κ2) is 4.07. The van der Waals surface area contributed by atoms with Gasteiger partial charge in [-0.3, -0.25) is 9.59 Å². The van der Waals surface area contributed by atoms with Gasteiger partial charge in [-0.15, -0.1) is 0 Å². The van der Waals surface area contributed by atoms with Gasteiger partial charge in [0, 0.05) is 17.6 Å². The molecule has 0 aliphatic carbocycles. The minimum Gasteiger partial charge on any atom is -0.370 e. The Hall–Kier alpha value is -1.36. The summed E-state index contributed by atoms with van der Waals surface area (Å²) in [6.07, 6.45) is 1.14.